The maximum Gasteiger partial charge on any atom is 0.417 e. The fourth-order valence-corrected chi connectivity index (χ4v) is 11.6. The van der Waals surface area contributed by atoms with Crippen molar-refractivity contribution in [2.24, 2.45) is 23.7 Å². The van der Waals surface area contributed by atoms with E-state index in [4.69, 9.17) is 27.9 Å². The molecule has 62 heavy (non-hydrogen) atoms. The van der Waals surface area contributed by atoms with Crippen LogP contribution in [-0.4, -0.2) is 74.8 Å². The Hall–Kier alpha value is -4.71. The van der Waals surface area contributed by atoms with Gasteiger partial charge in [-0.25, -0.2) is 4.98 Å². The number of imide groups is 2. The van der Waals surface area contributed by atoms with Crippen LogP contribution in [0.1, 0.15) is 53.9 Å². The maximum atomic E-state index is 15.5. The van der Waals surface area contributed by atoms with Gasteiger partial charge in [0.2, 0.25) is 11.8 Å². The van der Waals surface area contributed by atoms with Gasteiger partial charge >= 0.3 is 6.18 Å². The lowest BCUT2D eigenvalue weighted by atomic mass is 9.49. The van der Waals surface area contributed by atoms with Crippen LogP contribution in [0.25, 0.3) is 0 Å². The summed E-state index contributed by atoms with van der Waals surface area (Å²) >= 11 is 14.7. The molecule has 0 bridgehead atoms. The Morgan fingerprint density at radius 2 is 1.66 bits per heavy atom. The number of pyridine rings is 1. The minimum absolute atomic E-state index is 0.0161. The number of hydrazine groups is 1. The van der Waals surface area contributed by atoms with Crippen molar-refractivity contribution < 1.29 is 42.2 Å². The molecule has 3 saturated heterocycles. The van der Waals surface area contributed by atoms with E-state index in [1.54, 1.807) is 36.4 Å². The Bertz CT molecular complexity index is 2520. The first kappa shape index (κ1) is 42.6. The molecule has 3 aliphatic heterocycles. The summed E-state index contributed by atoms with van der Waals surface area (Å²) in [7, 11) is 1.39. The summed E-state index contributed by atoms with van der Waals surface area (Å²) in [4.78, 5) is 67.5. The van der Waals surface area contributed by atoms with Gasteiger partial charge in [0, 0.05) is 42.8 Å². The lowest BCUT2D eigenvalue weighted by Gasteiger charge is -2.50. The normalized spacial score (nSPS) is 26.6. The molecule has 11 nitrogen and oxygen atoms in total. The fraction of sp³-hybridized carbons (Fsp3) is 0.356. The number of amides is 4. The Kier molecular flexibility index (Phi) is 11.1. The number of likely N-dealkylation sites (tertiary alicyclic amines) is 2. The molecule has 1 saturated carbocycles. The first-order valence-electron chi connectivity index (χ1n) is 20.2. The SMILES string of the molecule is COc1cc([C@H]2C3=CC[C@@H]4C(=O)N(C5CCN(Cc6ccccc6)CC5)C(=O)[C@@H]4[C@@H]3C[C@H]3C(=O)N(Nc4ncc(C(F)(F)F)cc4Cl)C(=O)[C@@]23c2ccc(Cl)cc2)cc(I)c1O. The number of aromatic hydroxyl groups is 1. The molecular weight excluding hydrogens is 961 g/mol. The zero-order chi connectivity index (χ0) is 43.8. The van der Waals surface area contributed by atoms with Gasteiger partial charge in [0.15, 0.2) is 17.3 Å². The first-order chi connectivity index (χ1) is 29.6. The highest BCUT2D eigenvalue weighted by Crippen LogP contribution is 2.65. The topological polar surface area (TPSA) is 132 Å². The van der Waals surface area contributed by atoms with Crippen LogP contribution in [0.4, 0.5) is 19.0 Å². The Morgan fingerprint density at radius 1 is 0.952 bits per heavy atom. The van der Waals surface area contributed by atoms with E-state index in [1.165, 1.54) is 17.6 Å². The average molecular weight is 1000 g/mol. The zero-order valence-corrected chi connectivity index (χ0v) is 36.7. The van der Waals surface area contributed by atoms with Crippen LogP contribution in [0, 0.1) is 27.2 Å². The van der Waals surface area contributed by atoms with E-state index < -0.39 is 63.6 Å². The van der Waals surface area contributed by atoms with Crippen LogP contribution < -0.4 is 10.2 Å². The van der Waals surface area contributed by atoms with Gasteiger partial charge in [-0.05, 0) is 101 Å². The molecule has 6 atom stereocenters. The van der Waals surface area contributed by atoms with Crippen LogP contribution in [0.3, 0.4) is 0 Å². The number of benzene rings is 3. The molecule has 4 aromatic rings. The largest absolute Gasteiger partial charge is 0.504 e. The predicted molar refractivity (Wildman–Crippen MR) is 231 cm³/mol. The highest BCUT2D eigenvalue weighted by Gasteiger charge is 2.70. The molecule has 5 aliphatic rings. The number of nitrogens with one attached hydrogen (secondary N) is 1. The van der Waals surface area contributed by atoms with Crippen molar-refractivity contribution >= 4 is 75.2 Å². The number of fused-ring (bicyclic) bond motifs is 4. The number of carbonyl (C=O) groups is 4. The Morgan fingerprint density at radius 3 is 2.32 bits per heavy atom. The fourth-order valence-electron chi connectivity index (χ4n) is 10.6. The number of phenols is 1. The number of hydrogen-bond acceptors (Lipinski definition) is 9. The number of phenolic OH excluding ortho intramolecular Hbond substituents is 1. The average Bonchev–Trinajstić information content (AvgIpc) is 3.63. The van der Waals surface area contributed by atoms with Crippen LogP contribution in [0.15, 0.2) is 90.6 Å². The second-order valence-corrected chi connectivity index (χ2v) is 18.5. The van der Waals surface area contributed by atoms with Crippen LogP contribution >= 0.6 is 45.8 Å². The van der Waals surface area contributed by atoms with Gasteiger partial charge in [0.1, 0.15) is 0 Å². The number of aromatic nitrogens is 1. The molecular formula is C45H39Cl2F3IN5O6. The number of ether oxygens (including phenoxy) is 1. The lowest BCUT2D eigenvalue weighted by Crippen LogP contribution is -2.53. The highest BCUT2D eigenvalue weighted by molar-refractivity contribution is 14.1. The van der Waals surface area contributed by atoms with Gasteiger partial charge in [0.25, 0.3) is 11.8 Å². The minimum Gasteiger partial charge on any atom is -0.504 e. The van der Waals surface area contributed by atoms with Gasteiger partial charge in [-0.3, -0.25) is 34.4 Å². The quantitative estimate of drug-likeness (QED) is 0.102. The monoisotopic (exact) mass is 999 g/mol. The summed E-state index contributed by atoms with van der Waals surface area (Å²) in [6.45, 7) is 2.16. The minimum atomic E-state index is -4.76. The molecule has 2 N–H and O–H groups in total. The summed E-state index contributed by atoms with van der Waals surface area (Å²) in [5.74, 6) is -6.77. The molecule has 4 heterocycles. The molecule has 4 fully saturated rings. The van der Waals surface area contributed by atoms with Crippen molar-refractivity contribution in [2.75, 3.05) is 25.6 Å². The molecule has 17 heteroatoms. The van der Waals surface area contributed by atoms with E-state index in [0.717, 1.165) is 11.6 Å². The number of allylic oxidation sites excluding steroid dienone is 2. The molecule has 4 amide bonds. The standard InChI is InChI=1S/C45H39Cl2F3IN5O6/c1-62-35-18-24(17-34(51)38(35)57)37-29-11-12-30-36(42(60)55(40(30)58)28-13-15-54(16-14-28)22-23-5-3-2-4-6-23)31(29)20-32-41(59)56(43(61)44(32,37)25-7-9-27(46)10-8-25)53-39-33(47)19-26(21-52-39)45(48,49)50/h2-11,17-19,21,28,30-32,36-37,57H,12-16,20,22H2,1H3,(H,52,53)/t30-,31+,32-,36-,37-,44+/m0/s1. The van der Waals surface area contributed by atoms with Gasteiger partial charge in [0.05, 0.1) is 44.4 Å². The number of carbonyl (C=O) groups excluding carboxylic acids is 4. The maximum absolute atomic E-state index is 15.5. The third kappa shape index (κ3) is 6.94. The summed E-state index contributed by atoms with van der Waals surface area (Å²) in [5.41, 5.74) is 2.54. The van der Waals surface area contributed by atoms with E-state index >= 15 is 9.59 Å². The molecule has 9 rings (SSSR count). The smallest absolute Gasteiger partial charge is 0.417 e. The third-order valence-corrected chi connectivity index (χ3v) is 14.7. The molecule has 322 valence electrons. The zero-order valence-electron chi connectivity index (χ0n) is 33.0. The first-order valence-corrected chi connectivity index (χ1v) is 22.0. The number of alkyl halides is 3. The Balaban J connectivity index is 1.13. The van der Waals surface area contributed by atoms with Crippen molar-refractivity contribution in [1.29, 1.82) is 0 Å². The predicted octanol–water partition coefficient (Wildman–Crippen LogP) is 8.38. The molecule has 1 aromatic heterocycles. The number of piperidine rings is 1. The number of halogens is 6. The van der Waals surface area contributed by atoms with E-state index in [1.807, 2.05) is 46.9 Å². The van der Waals surface area contributed by atoms with Crippen molar-refractivity contribution in [2.45, 2.75) is 55.8 Å². The van der Waals surface area contributed by atoms with Gasteiger partial charge in [-0.2, -0.15) is 18.2 Å². The van der Waals surface area contributed by atoms with E-state index in [9.17, 15) is 27.9 Å². The van der Waals surface area contributed by atoms with Crippen molar-refractivity contribution in [3.05, 3.63) is 127 Å². The highest BCUT2D eigenvalue weighted by atomic mass is 127. The Labute approximate surface area is 378 Å². The lowest BCUT2D eigenvalue weighted by molar-refractivity contribution is -0.144. The van der Waals surface area contributed by atoms with Crippen LogP contribution in [-0.2, 0) is 37.3 Å². The van der Waals surface area contributed by atoms with Crippen LogP contribution in [0.5, 0.6) is 11.5 Å². The summed E-state index contributed by atoms with van der Waals surface area (Å²) < 4.78 is 46.8. The number of methoxy groups -OCH3 is 1. The molecule has 2 aliphatic carbocycles. The molecule has 3 aromatic carbocycles. The van der Waals surface area contributed by atoms with Gasteiger partial charge in [-0.1, -0.05) is 77.3 Å². The third-order valence-electron chi connectivity index (χ3n) is 13.4. The van der Waals surface area contributed by atoms with E-state index in [0.29, 0.717) is 63.5 Å². The van der Waals surface area contributed by atoms with E-state index in [-0.39, 0.29) is 48.0 Å². The summed E-state index contributed by atoms with van der Waals surface area (Å²) in [6.07, 6.45) is -0.861. The molecule has 0 radical (unpaired) electrons. The number of nitrogens with zero attached hydrogens (tertiary/aromatic N) is 4. The van der Waals surface area contributed by atoms with Crippen LogP contribution in [0.2, 0.25) is 10.0 Å². The van der Waals surface area contributed by atoms with E-state index in [2.05, 4.69) is 27.4 Å². The number of anilines is 1. The second kappa shape index (κ2) is 16.1. The molecule has 0 spiro atoms. The van der Waals surface area contributed by atoms with Gasteiger partial charge < -0.3 is 9.84 Å². The summed E-state index contributed by atoms with van der Waals surface area (Å²) in [6, 6.07) is 20.3. The number of hydrogen-bond donors (Lipinski definition) is 2. The summed E-state index contributed by atoms with van der Waals surface area (Å²) in [5, 5.41) is 11.6. The van der Waals surface area contributed by atoms with Crippen molar-refractivity contribution in [1.82, 2.24) is 19.8 Å². The number of rotatable bonds is 8. The van der Waals surface area contributed by atoms with Crippen molar-refractivity contribution in [3.8, 4) is 11.5 Å². The molecule has 0 unspecified atom stereocenters. The van der Waals surface area contributed by atoms with Crippen molar-refractivity contribution in [3.63, 3.8) is 0 Å². The van der Waals surface area contributed by atoms with Gasteiger partial charge in [-0.15, -0.1) is 0 Å². The second-order valence-electron chi connectivity index (χ2n) is 16.5.